The van der Waals surface area contributed by atoms with Crippen LogP contribution in [0.2, 0.25) is 0 Å². The zero-order valence-corrected chi connectivity index (χ0v) is 10.2. The van der Waals surface area contributed by atoms with Crippen molar-refractivity contribution in [1.82, 2.24) is 4.90 Å². The molecule has 3 nitrogen and oxygen atoms in total. The van der Waals surface area contributed by atoms with Crippen molar-refractivity contribution in [3.05, 3.63) is 0 Å². The quantitative estimate of drug-likeness (QED) is 0.772. The first kappa shape index (κ1) is 12.5. The average molecular weight is 212 g/mol. The molecule has 3 unspecified atom stereocenters. The van der Waals surface area contributed by atoms with E-state index in [1.807, 2.05) is 11.8 Å². The third kappa shape index (κ3) is 3.49. The van der Waals surface area contributed by atoms with Crippen LogP contribution in [0.15, 0.2) is 0 Å². The summed E-state index contributed by atoms with van der Waals surface area (Å²) in [5.41, 5.74) is 5.79. The molecule has 1 amide bonds. The Morgan fingerprint density at radius 1 is 1.47 bits per heavy atom. The molecule has 1 rings (SSSR count). The highest BCUT2D eigenvalue weighted by Crippen LogP contribution is 2.22. The SMILES string of the molecule is CCC(N)CC(=O)N1CCC(C)C(C)C1. The number of carbonyl (C=O) groups excluding carboxylic acids is 1. The van der Waals surface area contributed by atoms with Crippen molar-refractivity contribution in [3.8, 4) is 0 Å². The topological polar surface area (TPSA) is 46.3 Å². The summed E-state index contributed by atoms with van der Waals surface area (Å²) < 4.78 is 0. The molecule has 0 radical (unpaired) electrons. The lowest BCUT2D eigenvalue weighted by atomic mass is 9.88. The molecular weight excluding hydrogens is 188 g/mol. The molecule has 1 heterocycles. The van der Waals surface area contributed by atoms with Crippen LogP contribution in [0.25, 0.3) is 0 Å². The van der Waals surface area contributed by atoms with Crippen LogP contribution in [0.5, 0.6) is 0 Å². The zero-order chi connectivity index (χ0) is 11.4. The Hall–Kier alpha value is -0.570. The van der Waals surface area contributed by atoms with E-state index in [1.165, 1.54) is 0 Å². The molecule has 88 valence electrons. The van der Waals surface area contributed by atoms with Gasteiger partial charge in [-0.25, -0.2) is 0 Å². The van der Waals surface area contributed by atoms with Crippen LogP contribution in [-0.4, -0.2) is 29.9 Å². The lowest BCUT2D eigenvalue weighted by molar-refractivity contribution is -0.133. The first-order chi connectivity index (χ1) is 7.04. The van der Waals surface area contributed by atoms with Crippen molar-refractivity contribution in [1.29, 1.82) is 0 Å². The van der Waals surface area contributed by atoms with Crippen molar-refractivity contribution in [3.63, 3.8) is 0 Å². The van der Waals surface area contributed by atoms with Gasteiger partial charge in [-0.15, -0.1) is 0 Å². The summed E-state index contributed by atoms with van der Waals surface area (Å²) in [6.45, 7) is 8.35. The number of piperidine rings is 1. The highest BCUT2D eigenvalue weighted by molar-refractivity contribution is 5.76. The number of hydrogen-bond acceptors (Lipinski definition) is 2. The van der Waals surface area contributed by atoms with Gasteiger partial charge in [-0.2, -0.15) is 0 Å². The number of nitrogens with zero attached hydrogens (tertiary/aromatic N) is 1. The Morgan fingerprint density at radius 2 is 2.13 bits per heavy atom. The van der Waals surface area contributed by atoms with Gasteiger partial charge in [-0.3, -0.25) is 4.79 Å². The molecule has 0 aromatic rings. The van der Waals surface area contributed by atoms with Gasteiger partial charge in [0, 0.05) is 25.6 Å². The maximum absolute atomic E-state index is 11.9. The van der Waals surface area contributed by atoms with Crippen LogP contribution in [0.4, 0.5) is 0 Å². The fourth-order valence-electron chi connectivity index (χ4n) is 1.99. The molecule has 0 aromatic carbocycles. The minimum absolute atomic E-state index is 0.0344. The van der Waals surface area contributed by atoms with E-state index in [2.05, 4.69) is 13.8 Å². The number of amides is 1. The van der Waals surface area contributed by atoms with Gasteiger partial charge in [-0.05, 0) is 24.7 Å². The van der Waals surface area contributed by atoms with E-state index in [1.54, 1.807) is 0 Å². The summed E-state index contributed by atoms with van der Waals surface area (Å²) in [6, 6.07) is 0.0344. The van der Waals surface area contributed by atoms with Crippen LogP contribution in [-0.2, 0) is 4.79 Å². The first-order valence-electron chi connectivity index (χ1n) is 6.08. The van der Waals surface area contributed by atoms with E-state index in [0.717, 1.165) is 31.8 Å². The third-order valence-electron chi connectivity index (χ3n) is 3.65. The van der Waals surface area contributed by atoms with Crippen molar-refractivity contribution >= 4 is 5.91 Å². The van der Waals surface area contributed by atoms with Crippen LogP contribution < -0.4 is 5.73 Å². The second-order valence-corrected chi connectivity index (χ2v) is 4.96. The molecule has 2 N–H and O–H groups in total. The summed E-state index contributed by atoms with van der Waals surface area (Å²) in [5.74, 6) is 1.61. The van der Waals surface area contributed by atoms with Gasteiger partial charge in [0.1, 0.15) is 0 Å². The summed E-state index contributed by atoms with van der Waals surface area (Å²) in [6.07, 6.45) is 2.53. The third-order valence-corrected chi connectivity index (χ3v) is 3.65. The van der Waals surface area contributed by atoms with Crippen LogP contribution in [0.1, 0.15) is 40.0 Å². The molecule has 15 heavy (non-hydrogen) atoms. The normalized spacial score (nSPS) is 28.9. The Balaban J connectivity index is 2.40. The maximum Gasteiger partial charge on any atom is 0.224 e. The fraction of sp³-hybridized carbons (Fsp3) is 0.917. The Morgan fingerprint density at radius 3 is 2.67 bits per heavy atom. The highest BCUT2D eigenvalue weighted by atomic mass is 16.2. The van der Waals surface area contributed by atoms with Crippen molar-refractivity contribution < 1.29 is 4.79 Å². The van der Waals surface area contributed by atoms with E-state index in [-0.39, 0.29) is 11.9 Å². The maximum atomic E-state index is 11.9. The van der Waals surface area contributed by atoms with Gasteiger partial charge in [0.2, 0.25) is 5.91 Å². The van der Waals surface area contributed by atoms with Crippen LogP contribution in [0.3, 0.4) is 0 Å². The van der Waals surface area contributed by atoms with E-state index in [0.29, 0.717) is 12.3 Å². The number of hydrogen-bond donors (Lipinski definition) is 1. The number of nitrogens with two attached hydrogens (primary N) is 1. The standard InChI is InChI=1S/C12H24N2O/c1-4-11(13)7-12(15)14-6-5-9(2)10(3)8-14/h9-11H,4-8,13H2,1-3H3. The summed E-state index contributed by atoms with van der Waals surface area (Å²) in [4.78, 5) is 13.9. The molecule has 0 bridgehead atoms. The van der Waals surface area contributed by atoms with E-state index < -0.39 is 0 Å². The van der Waals surface area contributed by atoms with Gasteiger partial charge >= 0.3 is 0 Å². The average Bonchev–Trinajstić information content (AvgIpc) is 2.21. The number of likely N-dealkylation sites (tertiary alicyclic amines) is 1. The van der Waals surface area contributed by atoms with E-state index >= 15 is 0 Å². The minimum Gasteiger partial charge on any atom is -0.342 e. The van der Waals surface area contributed by atoms with Gasteiger partial charge in [0.05, 0.1) is 0 Å². The second-order valence-electron chi connectivity index (χ2n) is 4.96. The van der Waals surface area contributed by atoms with Gasteiger partial charge in [-0.1, -0.05) is 20.8 Å². The minimum atomic E-state index is 0.0344. The molecule has 0 spiro atoms. The van der Waals surface area contributed by atoms with E-state index in [4.69, 9.17) is 5.73 Å². The van der Waals surface area contributed by atoms with E-state index in [9.17, 15) is 4.79 Å². The predicted molar refractivity (Wildman–Crippen MR) is 62.4 cm³/mol. The monoisotopic (exact) mass is 212 g/mol. The molecule has 1 aliphatic rings. The second kappa shape index (κ2) is 5.50. The summed E-state index contributed by atoms with van der Waals surface area (Å²) in [7, 11) is 0. The lowest BCUT2D eigenvalue weighted by Gasteiger charge is -2.35. The molecule has 0 saturated carbocycles. The molecule has 1 fully saturated rings. The van der Waals surface area contributed by atoms with Crippen LogP contribution in [0, 0.1) is 11.8 Å². The van der Waals surface area contributed by atoms with Gasteiger partial charge in [0.25, 0.3) is 0 Å². The zero-order valence-electron chi connectivity index (χ0n) is 10.2. The van der Waals surface area contributed by atoms with Crippen molar-refractivity contribution in [2.24, 2.45) is 17.6 Å². The highest BCUT2D eigenvalue weighted by Gasteiger charge is 2.26. The molecule has 0 aliphatic carbocycles. The summed E-state index contributed by atoms with van der Waals surface area (Å²) in [5, 5.41) is 0. The Bertz CT molecular complexity index is 218. The molecule has 1 aliphatic heterocycles. The lowest BCUT2D eigenvalue weighted by Crippen LogP contribution is -2.43. The van der Waals surface area contributed by atoms with Gasteiger partial charge < -0.3 is 10.6 Å². The Labute approximate surface area is 93.0 Å². The molecular formula is C12H24N2O. The first-order valence-corrected chi connectivity index (χ1v) is 6.08. The molecule has 1 saturated heterocycles. The summed E-state index contributed by atoms with van der Waals surface area (Å²) >= 11 is 0. The molecule has 3 atom stereocenters. The Kier molecular flexibility index (Phi) is 4.58. The van der Waals surface area contributed by atoms with Crippen molar-refractivity contribution in [2.75, 3.05) is 13.1 Å². The fourth-order valence-corrected chi connectivity index (χ4v) is 1.99. The smallest absolute Gasteiger partial charge is 0.224 e. The molecule has 3 heteroatoms. The molecule has 0 aromatic heterocycles. The number of carbonyl (C=O) groups is 1. The van der Waals surface area contributed by atoms with Gasteiger partial charge in [0.15, 0.2) is 0 Å². The van der Waals surface area contributed by atoms with Crippen LogP contribution >= 0.6 is 0 Å². The predicted octanol–water partition coefficient (Wildman–Crippen LogP) is 1.62. The van der Waals surface area contributed by atoms with Crippen molar-refractivity contribution in [2.45, 2.75) is 46.1 Å². The largest absolute Gasteiger partial charge is 0.342 e. The number of rotatable bonds is 3.